The van der Waals surface area contributed by atoms with Gasteiger partial charge in [-0.25, -0.2) is 0 Å². The Bertz CT molecular complexity index is 2890. The molecule has 2 nitrogen and oxygen atoms in total. The first-order valence-corrected chi connectivity index (χ1v) is 18.4. The minimum Gasteiger partial charge on any atom is -0.456 e. The highest BCUT2D eigenvalue weighted by Gasteiger charge is 2.17. The zero-order valence-corrected chi connectivity index (χ0v) is 29.6. The first-order chi connectivity index (χ1) is 26.8. The number of hydrogen-bond donors (Lipinski definition) is 0. The molecule has 0 N–H and O–H groups in total. The van der Waals surface area contributed by atoms with Gasteiger partial charge in [-0.15, -0.1) is 0 Å². The van der Waals surface area contributed by atoms with E-state index in [1.165, 1.54) is 44.2 Å². The monoisotopic (exact) mass is 689 g/mol. The second kappa shape index (κ2) is 13.4. The van der Waals surface area contributed by atoms with Crippen LogP contribution in [0.2, 0.25) is 0 Å². The van der Waals surface area contributed by atoms with E-state index in [9.17, 15) is 0 Å². The Labute approximate surface area is 314 Å². The van der Waals surface area contributed by atoms with Gasteiger partial charge in [0.25, 0.3) is 0 Å². The third-order valence-electron chi connectivity index (χ3n) is 10.5. The number of rotatable bonds is 7. The Morgan fingerprint density at radius 1 is 0.296 bits per heavy atom. The molecule has 254 valence electrons. The fraction of sp³-hybridized carbons (Fsp3) is 0. The molecule has 10 rings (SSSR count). The van der Waals surface area contributed by atoms with Crippen molar-refractivity contribution in [2.75, 3.05) is 4.90 Å². The number of nitrogens with zero attached hydrogens (tertiary/aromatic N) is 1. The molecule has 9 aromatic carbocycles. The molecule has 2 heteroatoms. The highest BCUT2D eigenvalue weighted by molar-refractivity contribution is 6.23. The lowest BCUT2D eigenvalue weighted by atomic mass is 9.94. The smallest absolute Gasteiger partial charge is 0.136 e. The molecule has 0 atom stereocenters. The van der Waals surface area contributed by atoms with Crippen molar-refractivity contribution < 1.29 is 4.42 Å². The summed E-state index contributed by atoms with van der Waals surface area (Å²) in [5.74, 6) is 0. The van der Waals surface area contributed by atoms with Gasteiger partial charge in [0.05, 0.1) is 0 Å². The molecular weight excluding hydrogens is 655 g/mol. The van der Waals surface area contributed by atoms with E-state index in [-0.39, 0.29) is 0 Å². The summed E-state index contributed by atoms with van der Waals surface area (Å²) in [4.78, 5) is 2.35. The molecule has 0 spiro atoms. The van der Waals surface area contributed by atoms with Crippen LogP contribution in [0.5, 0.6) is 0 Å². The fourth-order valence-corrected chi connectivity index (χ4v) is 7.82. The molecule has 0 saturated heterocycles. The molecular formula is C52H35NO. The van der Waals surface area contributed by atoms with Crippen molar-refractivity contribution in [1.82, 2.24) is 0 Å². The normalized spacial score (nSPS) is 11.3. The van der Waals surface area contributed by atoms with E-state index >= 15 is 0 Å². The summed E-state index contributed by atoms with van der Waals surface area (Å²) in [7, 11) is 0. The number of fused-ring (bicyclic) bond motifs is 5. The minimum absolute atomic E-state index is 0.898. The molecule has 0 aliphatic rings. The van der Waals surface area contributed by atoms with Gasteiger partial charge in [0.2, 0.25) is 0 Å². The van der Waals surface area contributed by atoms with E-state index < -0.39 is 0 Å². The van der Waals surface area contributed by atoms with Gasteiger partial charge in [0.15, 0.2) is 0 Å². The van der Waals surface area contributed by atoms with Crippen LogP contribution in [0.4, 0.5) is 17.1 Å². The molecule has 0 aliphatic heterocycles. The highest BCUT2D eigenvalue weighted by Crippen LogP contribution is 2.42. The Kier molecular flexibility index (Phi) is 7.85. The van der Waals surface area contributed by atoms with Crippen LogP contribution >= 0.6 is 0 Å². The molecule has 0 unspecified atom stereocenters. The van der Waals surface area contributed by atoms with Crippen LogP contribution in [0.25, 0.3) is 77.2 Å². The van der Waals surface area contributed by atoms with Gasteiger partial charge in [-0.3, -0.25) is 0 Å². The SMILES string of the molecule is c1ccc(-c2ccc(N(c3ccc(-c4cccc5ccc6oc7cc(-c8ccccc8)ccc7c6c45)cc3)c3cccc(-c4ccccc4)c3)cc2)cc1. The number of hydrogen-bond acceptors (Lipinski definition) is 2. The second-order valence-electron chi connectivity index (χ2n) is 13.7. The number of anilines is 3. The van der Waals surface area contributed by atoms with Gasteiger partial charge in [-0.1, -0.05) is 158 Å². The van der Waals surface area contributed by atoms with E-state index in [2.05, 4.69) is 211 Å². The van der Waals surface area contributed by atoms with Crippen LogP contribution in [0.15, 0.2) is 217 Å². The second-order valence-corrected chi connectivity index (χ2v) is 13.7. The summed E-state index contributed by atoms with van der Waals surface area (Å²) >= 11 is 0. The lowest BCUT2D eigenvalue weighted by Crippen LogP contribution is -2.10. The van der Waals surface area contributed by atoms with Crippen LogP contribution in [-0.4, -0.2) is 0 Å². The summed E-state index contributed by atoms with van der Waals surface area (Å²) < 4.78 is 6.53. The van der Waals surface area contributed by atoms with Gasteiger partial charge >= 0.3 is 0 Å². The molecule has 0 bridgehead atoms. The lowest BCUT2D eigenvalue weighted by molar-refractivity contribution is 0.669. The zero-order valence-electron chi connectivity index (χ0n) is 29.6. The number of furan rings is 1. The first kappa shape index (κ1) is 31.6. The average Bonchev–Trinajstić information content (AvgIpc) is 3.64. The molecule has 0 fully saturated rings. The summed E-state index contributed by atoms with van der Waals surface area (Å²) in [6.07, 6.45) is 0. The largest absolute Gasteiger partial charge is 0.456 e. The molecule has 0 radical (unpaired) electrons. The summed E-state index contributed by atoms with van der Waals surface area (Å²) in [6, 6.07) is 75.8. The predicted octanol–water partition coefficient (Wildman–Crippen LogP) is 14.9. The van der Waals surface area contributed by atoms with Gasteiger partial charge < -0.3 is 9.32 Å². The van der Waals surface area contributed by atoms with Gasteiger partial charge in [-0.2, -0.15) is 0 Å². The van der Waals surface area contributed by atoms with E-state index in [4.69, 9.17) is 4.42 Å². The van der Waals surface area contributed by atoms with Crippen LogP contribution in [-0.2, 0) is 0 Å². The third kappa shape index (κ3) is 5.71. The van der Waals surface area contributed by atoms with Crippen LogP contribution in [0.1, 0.15) is 0 Å². The van der Waals surface area contributed by atoms with Crippen molar-refractivity contribution in [3.05, 3.63) is 212 Å². The van der Waals surface area contributed by atoms with E-state index in [0.717, 1.165) is 50.1 Å². The number of benzene rings is 9. The maximum absolute atomic E-state index is 6.53. The Morgan fingerprint density at radius 2 is 0.815 bits per heavy atom. The van der Waals surface area contributed by atoms with Crippen molar-refractivity contribution in [1.29, 1.82) is 0 Å². The Balaban J connectivity index is 1.08. The summed E-state index contributed by atoms with van der Waals surface area (Å²) in [5.41, 5.74) is 14.5. The maximum Gasteiger partial charge on any atom is 0.136 e. The quantitative estimate of drug-likeness (QED) is 0.166. The Hall–Kier alpha value is -7.16. The zero-order chi connectivity index (χ0) is 35.8. The molecule has 1 heterocycles. The minimum atomic E-state index is 0.898. The van der Waals surface area contributed by atoms with E-state index in [0.29, 0.717) is 0 Å². The van der Waals surface area contributed by atoms with Crippen molar-refractivity contribution in [2.45, 2.75) is 0 Å². The Morgan fingerprint density at radius 3 is 1.46 bits per heavy atom. The van der Waals surface area contributed by atoms with Crippen LogP contribution < -0.4 is 4.90 Å². The molecule has 0 aliphatic carbocycles. The fourth-order valence-electron chi connectivity index (χ4n) is 7.82. The van der Waals surface area contributed by atoms with Crippen molar-refractivity contribution in [3.63, 3.8) is 0 Å². The lowest BCUT2D eigenvalue weighted by Gasteiger charge is -2.26. The van der Waals surface area contributed by atoms with Crippen molar-refractivity contribution in [2.24, 2.45) is 0 Å². The van der Waals surface area contributed by atoms with Crippen LogP contribution in [0, 0.1) is 0 Å². The third-order valence-corrected chi connectivity index (χ3v) is 10.5. The van der Waals surface area contributed by atoms with Gasteiger partial charge in [-0.05, 0) is 104 Å². The summed E-state index contributed by atoms with van der Waals surface area (Å²) in [6.45, 7) is 0. The van der Waals surface area contributed by atoms with Crippen molar-refractivity contribution >= 4 is 49.8 Å². The van der Waals surface area contributed by atoms with Crippen molar-refractivity contribution in [3.8, 4) is 44.5 Å². The molecule has 54 heavy (non-hydrogen) atoms. The topological polar surface area (TPSA) is 16.4 Å². The maximum atomic E-state index is 6.53. The van der Waals surface area contributed by atoms with Gasteiger partial charge in [0, 0.05) is 33.2 Å². The van der Waals surface area contributed by atoms with E-state index in [1.807, 2.05) is 6.07 Å². The molecule has 10 aromatic rings. The van der Waals surface area contributed by atoms with Gasteiger partial charge in [0.1, 0.15) is 11.2 Å². The molecule has 0 saturated carbocycles. The summed E-state index contributed by atoms with van der Waals surface area (Å²) in [5, 5.41) is 4.68. The highest BCUT2D eigenvalue weighted by atomic mass is 16.3. The first-order valence-electron chi connectivity index (χ1n) is 18.4. The average molecular weight is 690 g/mol. The van der Waals surface area contributed by atoms with E-state index in [1.54, 1.807) is 0 Å². The molecule has 1 aromatic heterocycles. The molecule has 0 amide bonds. The predicted molar refractivity (Wildman–Crippen MR) is 228 cm³/mol. The standard InChI is InChI=1S/C52H35NO/c1-4-12-36(13-5-1)39-22-28-44(29-23-39)53(46-20-10-19-42(34-46)37-14-6-2-7-15-37)45-30-24-40(25-31-45)47-21-11-18-41-27-33-49-52(51(41)47)48-32-26-43(35-50(48)54-49)38-16-8-3-9-17-38/h1-35H. The van der Waals surface area contributed by atoms with Crippen LogP contribution in [0.3, 0.4) is 0 Å².